The number of sulfone groups is 1. The molecule has 150 valence electrons. The minimum absolute atomic E-state index is 0.0481. The highest BCUT2D eigenvalue weighted by atomic mass is 35.5. The summed E-state index contributed by atoms with van der Waals surface area (Å²) in [6, 6.07) is 4.66. The van der Waals surface area contributed by atoms with Gasteiger partial charge in [0.25, 0.3) is 0 Å². The number of carbonyl (C=O) groups is 1. The summed E-state index contributed by atoms with van der Waals surface area (Å²) in [5.74, 6) is -0.162. The Morgan fingerprint density at radius 2 is 2.21 bits per heavy atom. The molecule has 2 unspecified atom stereocenters. The van der Waals surface area contributed by atoms with Crippen LogP contribution >= 0.6 is 11.6 Å². The number of amides is 1. The predicted molar refractivity (Wildman–Crippen MR) is 106 cm³/mol. The third kappa shape index (κ3) is 5.27. The van der Waals surface area contributed by atoms with Crippen molar-refractivity contribution in [3.63, 3.8) is 0 Å². The van der Waals surface area contributed by atoms with Crippen molar-refractivity contribution in [2.75, 3.05) is 24.8 Å². The average Bonchev–Trinajstić information content (AvgIpc) is 2.66. The number of hydrogen-bond acceptors (Lipinski definition) is 6. The van der Waals surface area contributed by atoms with E-state index in [1.165, 1.54) is 24.7 Å². The number of halogens is 1. The van der Waals surface area contributed by atoms with Gasteiger partial charge in [0.15, 0.2) is 15.7 Å². The number of carbonyl (C=O) groups excluding carboxylic acids is 1. The van der Waals surface area contributed by atoms with Crippen molar-refractivity contribution in [2.45, 2.75) is 30.1 Å². The Morgan fingerprint density at radius 1 is 1.39 bits per heavy atom. The Balaban J connectivity index is 1.88. The summed E-state index contributed by atoms with van der Waals surface area (Å²) in [6.07, 6.45) is 8.10. The molecule has 2 aromatic rings. The van der Waals surface area contributed by atoms with E-state index in [0.29, 0.717) is 24.4 Å². The zero-order chi connectivity index (χ0) is 20.1. The molecule has 0 saturated carbocycles. The monoisotopic (exact) mass is 423 g/mol. The molecule has 1 fully saturated rings. The van der Waals surface area contributed by atoms with Crippen LogP contribution < -0.4 is 5.32 Å². The first-order chi connectivity index (χ1) is 13.3. The molecule has 1 amide bonds. The first kappa shape index (κ1) is 20.7. The van der Waals surface area contributed by atoms with Crippen LogP contribution in [-0.2, 0) is 19.4 Å². The van der Waals surface area contributed by atoms with Crippen molar-refractivity contribution in [1.29, 1.82) is 0 Å². The number of aromatic nitrogens is 2. The van der Waals surface area contributed by atoms with E-state index in [0.717, 1.165) is 25.7 Å². The van der Waals surface area contributed by atoms with Crippen molar-refractivity contribution in [2.24, 2.45) is 5.92 Å². The van der Waals surface area contributed by atoms with Gasteiger partial charge < -0.3 is 10.1 Å². The smallest absolute Gasteiger partial charge is 0.233 e. The van der Waals surface area contributed by atoms with Crippen LogP contribution in [0.1, 0.15) is 30.7 Å². The van der Waals surface area contributed by atoms with Crippen molar-refractivity contribution in [3.05, 3.63) is 47.4 Å². The molecule has 28 heavy (non-hydrogen) atoms. The van der Waals surface area contributed by atoms with Gasteiger partial charge in [0.1, 0.15) is 0 Å². The molecule has 1 aromatic heterocycles. The first-order valence-corrected chi connectivity index (χ1v) is 11.3. The molecule has 9 heteroatoms. The maximum Gasteiger partial charge on any atom is 0.233 e. The Morgan fingerprint density at radius 3 is 2.82 bits per heavy atom. The lowest BCUT2D eigenvalue weighted by Gasteiger charge is -2.26. The van der Waals surface area contributed by atoms with Crippen LogP contribution in [-0.4, -0.2) is 43.8 Å². The maximum absolute atomic E-state index is 13.0. The number of benzene rings is 1. The number of hydrogen-bond donors (Lipinski definition) is 1. The third-order valence-corrected chi connectivity index (χ3v) is 6.29. The Kier molecular flexibility index (Phi) is 6.64. The van der Waals surface area contributed by atoms with Crippen LogP contribution in [0.5, 0.6) is 0 Å². The highest BCUT2D eigenvalue weighted by molar-refractivity contribution is 7.90. The molecular weight excluding hydrogens is 402 g/mol. The molecule has 1 aliphatic heterocycles. The number of ether oxygens (including phenoxy) is 1. The van der Waals surface area contributed by atoms with Gasteiger partial charge in [-0.15, -0.1) is 0 Å². The van der Waals surface area contributed by atoms with Gasteiger partial charge in [-0.05, 0) is 42.9 Å². The Labute approximate surface area is 169 Å². The number of nitrogens with one attached hydrogen (secondary N) is 1. The second-order valence-electron chi connectivity index (χ2n) is 6.91. The number of rotatable bonds is 6. The van der Waals surface area contributed by atoms with E-state index in [1.807, 2.05) is 0 Å². The molecule has 0 bridgehead atoms. The molecule has 1 saturated heterocycles. The summed E-state index contributed by atoms with van der Waals surface area (Å²) in [5.41, 5.74) is 0.657. The van der Waals surface area contributed by atoms with E-state index in [4.69, 9.17) is 16.3 Å². The topological polar surface area (TPSA) is 98.2 Å². The van der Waals surface area contributed by atoms with E-state index in [2.05, 4.69) is 15.3 Å². The lowest BCUT2D eigenvalue weighted by Crippen LogP contribution is -2.27. The standard InChI is InChI=1S/C19H22ClN3O4S/c1-28(25,26)17-5-4-14(10-16(17)20)15(9-13-3-2-8-27-12-13)19(24)23-18-11-21-6-7-22-18/h4-7,10-11,13,15H,2-3,8-9,12H2,1H3,(H,22,23,24). The zero-order valence-corrected chi connectivity index (χ0v) is 17.0. The summed E-state index contributed by atoms with van der Waals surface area (Å²) in [7, 11) is -3.44. The van der Waals surface area contributed by atoms with E-state index in [9.17, 15) is 13.2 Å². The van der Waals surface area contributed by atoms with Crippen molar-refractivity contribution >= 4 is 33.2 Å². The summed E-state index contributed by atoms with van der Waals surface area (Å²) >= 11 is 6.21. The van der Waals surface area contributed by atoms with E-state index in [-0.39, 0.29) is 21.7 Å². The second kappa shape index (κ2) is 8.98. The minimum Gasteiger partial charge on any atom is -0.381 e. The summed E-state index contributed by atoms with van der Waals surface area (Å²) in [4.78, 5) is 21.1. The molecule has 2 atom stereocenters. The van der Waals surface area contributed by atoms with Gasteiger partial charge in [-0.1, -0.05) is 17.7 Å². The van der Waals surface area contributed by atoms with Crippen LogP contribution in [0.4, 0.5) is 5.82 Å². The fraction of sp³-hybridized carbons (Fsp3) is 0.421. The highest BCUT2D eigenvalue weighted by Crippen LogP contribution is 2.33. The molecule has 1 aliphatic rings. The first-order valence-electron chi connectivity index (χ1n) is 8.98. The number of anilines is 1. The highest BCUT2D eigenvalue weighted by Gasteiger charge is 2.28. The van der Waals surface area contributed by atoms with E-state index in [1.54, 1.807) is 12.1 Å². The lowest BCUT2D eigenvalue weighted by molar-refractivity contribution is -0.118. The predicted octanol–water partition coefficient (Wildman–Crippen LogP) is 3.07. The molecule has 0 radical (unpaired) electrons. The summed E-state index contributed by atoms with van der Waals surface area (Å²) in [6.45, 7) is 1.34. The van der Waals surface area contributed by atoms with Gasteiger partial charge in [0, 0.05) is 31.9 Å². The van der Waals surface area contributed by atoms with Crippen LogP contribution in [0.25, 0.3) is 0 Å². The summed E-state index contributed by atoms with van der Waals surface area (Å²) < 4.78 is 29.2. The molecule has 3 rings (SSSR count). The SMILES string of the molecule is CS(=O)(=O)c1ccc(C(CC2CCCOC2)C(=O)Nc2cnccn2)cc1Cl. The fourth-order valence-electron chi connectivity index (χ4n) is 3.33. The molecule has 0 aliphatic carbocycles. The van der Waals surface area contributed by atoms with Gasteiger partial charge >= 0.3 is 0 Å². The molecule has 1 aromatic carbocycles. The van der Waals surface area contributed by atoms with E-state index >= 15 is 0 Å². The molecule has 0 spiro atoms. The van der Waals surface area contributed by atoms with Crippen LogP contribution in [0.3, 0.4) is 0 Å². The molecule has 1 N–H and O–H groups in total. The van der Waals surface area contributed by atoms with Crippen molar-refractivity contribution < 1.29 is 17.9 Å². The normalized spacial score (nSPS) is 18.4. The Hall–Kier alpha value is -2.03. The Bertz CT molecular complexity index is 931. The van der Waals surface area contributed by atoms with Crippen LogP contribution in [0.15, 0.2) is 41.7 Å². The zero-order valence-electron chi connectivity index (χ0n) is 15.5. The van der Waals surface area contributed by atoms with E-state index < -0.39 is 15.8 Å². The third-order valence-electron chi connectivity index (χ3n) is 4.71. The van der Waals surface area contributed by atoms with Gasteiger partial charge in [-0.2, -0.15) is 0 Å². The van der Waals surface area contributed by atoms with Crippen molar-refractivity contribution in [1.82, 2.24) is 9.97 Å². The molecule has 2 heterocycles. The van der Waals surface area contributed by atoms with Crippen LogP contribution in [0, 0.1) is 5.92 Å². The molecule has 7 nitrogen and oxygen atoms in total. The lowest BCUT2D eigenvalue weighted by atomic mass is 9.85. The van der Waals surface area contributed by atoms with Gasteiger partial charge in [-0.3, -0.25) is 9.78 Å². The number of nitrogens with zero attached hydrogens (tertiary/aromatic N) is 2. The van der Waals surface area contributed by atoms with Gasteiger partial charge in [0.2, 0.25) is 5.91 Å². The fourth-order valence-corrected chi connectivity index (χ4v) is 4.67. The maximum atomic E-state index is 13.0. The van der Waals surface area contributed by atoms with Gasteiger partial charge in [-0.25, -0.2) is 13.4 Å². The summed E-state index contributed by atoms with van der Waals surface area (Å²) in [5, 5.41) is 2.89. The van der Waals surface area contributed by atoms with Crippen LogP contribution in [0.2, 0.25) is 5.02 Å². The average molecular weight is 424 g/mol. The van der Waals surface area contributed by atoms with Crippen molar-refractivity contribution in [3.8, 4) is 0 Å². The second-order valence-corrected chi connectivity index (χ2v) is 9.30. The van der Waals surface area contributed by atoms with Gasteiger partial charge in [0.05, 0.1) is 22.0 Å². The quantitative estimate of drug-likeness (QED) is 0.766. The minimum atomic E-state index is -3.44. The molecular formula is C19H22ClN3O4S. The largest absolute Gasteiger partial charge is 0.381 e.